The van der Waals surface area contributed by atoms with Gasteiger partial charge in [0.1, 0.15) is 4.32 Å². The fraction of sp³-hybridized carbons (Fsp3) is 0.667. The van der Waals surface area contributed by atoms with Crippen LogP contribution < -0.4 is 0 Å². The topological polar surface area (TPSA) is 17.1 Å². The molecule has 0 spiro atoms. The van der Waals surface area contributed by atoms with E-state index in [4.69, 9.17) is 11.6 Å². The first-order chi connectivity index (χ1) is 3.85. The molecule has 0 aliphatic carbocycles. The lowest BCUT2D eigenvalue weighted by atomic mass is 9.92. The highest BCUT2D eigenvalue weighted by Gasteiger charge is 2.23. The van der Waals surface area contributed by atoms with Crippen molar-refractivity contribution < 1.29 is 4.79 Å². The van der Waals surface area contributed by atoms with Crippen molar-refractivity contribution in [2.75, 3.05) is 0 Å². The second-order valence-corrected chi connectivity index (χ2v) is 3.86. The third-order valence-corrected chi connectivity index (χ3v) is 1.22. The van der Waals surface area contributed by atoms with E-state index >= 15 is 0 Å². The smallest absolute Gasteiger partial charge is 0.190 e. The molecule has 0 saturated carbocycles. The highest BCUT2D eigenvalue weighted by molar-refractivity contribution is 7.85. The van der Waals surface area contributed by atoms with Crippen molar-refractivity contribution in [2.24, 2.45) is 5.41 Å². The molecule has 0 bridgehead atoms. The summed E-state index contributed by atoms with van der Waals surface area (Å²) in [5, 5.41) is 0. The van der Waals surface area contributed by atoms with Gasteiger partial charge in [-0.2, -0.15) is 0 Å². The maximum absolute atomic E-state index is 10.9. The van der Waals surface area contributed by atoms with Crippen LogP contribution in [0.1, 0.15) is 20.8 Å². The Kier molecular flexibility index (Phi) is 2.77. The van der Waals surface area contributed by atoms with Crippen LogP contribution >= 0.6 is 23.8 Å². The molecule has 0 heterocycles. The molecule has 0 fully saturated rings. The lowest BCUT2D eigenvalue weighted by molar-refractivity contribution is -0.119. The van der Waals surface area contributed by atoms with Gasteiger partial charge in [0.25, 0.3) is 0 Å². The summed E-state index contributed by atoms with van der Waals surface area (Å²) in [5.74, 6) is -0.167. The number of carbonyl (C=O) groups is 1. The normalized spacial score (nSPS) is 11.1. The van der Waals surface area contributed by atoms with Gasteiger partial charge in [0.2, 0.25) is 0 Å². The predicted molar refractivity (Wildman–Crippen MR) is 42.9 cm³/mol. The Balaban J connectivity index is 4.23. The van der Waals surface area contributed by atoms with E-state index in [9.17, 15) is 4.79 Å². The quantitative estimate of drug-likeness (QED) is 0.437. The molecule has 0 amide bonds. The molecule has 0 radical (unpaired) electrons. The highest BCUT2D eigenvalue weighted by atomic mass is 35.5. The minimum absolute atomic E-state index is 0.0532. The van der Waals surface area contributed by atoms with Crippen LogP contribution in [-0.4, -0.2) is 10.1 Å². The van der Waals surface area contributed by atoms with E-state index in [2.05, 4.69) is 12.2 Å². The molecule has 0 aliphatic rings. The van der Waals surface area contributed by atoms with Crippen molar-refractivity contribution in [3.05, 3.63) is 0 Å². The molecule has 3 heteroatoms. The Labute approximate surface area is 65.4 Å². The number of hydrogen-bond acceptors (Lipinski definition) is 2. The Hall–Kier alpha value is 0.0500. The summed E-state index contributed by atoms with van der Waals surface area (Å²) in [6.07, 6.45) is 0. The maximum Gasteiger partial charge on any atom is 0.190 e. The number of thiocarbonyl (C=S) groups is 1. The number of ketones is 1. The van der Waals surface area contributed by atoms with Crippen LogP contribution in [0.25, 0.3) is 0 Å². The van der Waals surface area contributed by atoms with Gasteiger partial charge >= 0.3 is 0 Å². The summed E-state index contributed by atoms with van der Waals surface area (Å²) >= 11 is 9.78. The Morgan fingerprint density at radius 3 is 1.78 bits per heavy atom. The number of halogens is 1. The molecule has 0 unspecified atom stereocenters. The van der Waals surface area contributed by atoms with E-state index < -0.39 is 5.41 Å². The fourth-order valence-corrected chi connectivity index (χ4v) is 0.884. The second kappa shape index (κ2) is 2.76. The molecule has 0 aromatic carbocycles. The van der Waals surface area contributed by atoms with Crippen LogP contribution in [0.4, 0.5) is 0 Å². The molecule has 0 N–H and O–H groups in total. The number of hydrogen-bond donors (Lipinski definition) is 0. The van der Waals surface area contributed by atoms with Gasteiger partial charge in [-0.15, -0.1) is 0 Å². The standard InChI is InChI=1S/C6H9ClOS/c1-6(2,3)4(8)5(7)9/h1-3H3. The van der Waals surface area contributed by atoms with Crippen LogP contribution in [-0.2, 0) is 4.79 Å². The minimum Gasteiger partial charge on any atom is -0.292 e. The molecular formula is C6H9ClOS. The van der Waals surface area contributed by atoms with Crippen molar-refractivity contribution in [3.8, 4) is 0 Å². The molecule has 0 atom stereocenters. The number of Topliss-reactive ketones (excluding diaryl/α,β-unsaturated/α-hetero) is 1. The zero-order valence-corrected chi connectivity index (χ0v) is 7.27. The lowest BCUT2D eigenvalue weighted by Crippen LogP contribution is -2.23. The molecule has 9 heavy (non-hydrogen) atoms. The zero-order chi connectivity index (χ0) is 7.65. The first-order valence-electron chi connectivity index (χ1n) is 2.60. The van der Waals surface area contributed by atoms with Gasteiger partial charge in [0.15, 0.2) is 5.78 Å². The Morgan fingerprint density at radius 1 is 1.44 bits per heavy atom. The first kappa shape index (κ1) is 9.05. The molecule has 0 aromatic rings. The Morgan fingerprint density at radius 2 is 1.78 bits per heavy atom. The molecule has 0 aromatic heterocycles. The van der Waals surface area contributed by atoms with E-state index in [0.717, 1.165) is 0 Å². The number of carbonyl (C=O) groups excluding carboxylic acids is 1. The third-order valence-electron chi connectivity index (χ3n) is 0.860. The summed E-state index contributed by atoms with van der Waals surface area (Å²) < 4.78 is -0.0532. The second-order valence-electron chi connectivity index (χ2n) is 2.85. The van der Waals surface area contributed by atoms with E-state index in [1.54, 1.807) is 20.8 Å². The predicted octanol–water partition coefficient (Wildman–Crippen LogP) is 2.17. The van der Waals surface area contributed by atoms with Crippen molar-refractivity contribution >= 4 is 33.9 Å². The summed E-state index contributed by atoms with van der Waals surface area (Å²) in [4.78, 5) is 10.9. The third kappa shape index (κ3) is 2.92. The van der Waals surface area contributed by atoms with Gasteiger partial charge in [-0.05, 0) is 0 Å². The van der Waals surface area contributed by atoms with Gasteiger partial charge in [-0.1, -0.05) is 44.6 Å². The molecule has 52 valence electrons. The van der Waals surface area contributed by atoms with Gasteiger partial charge in [0, 0.05) is 5.41 Å². The molecule has 0 aliphatic heterocycles. The molecule has 1 nitrogen and oxygen atoms in total. The van der Waals surface area contributed by atoms with Crippen molar-refractivity contribution in [1.82, 2.24) is 0 Å². The van der Waals surface area contributed by atoms with Crippen LogP contribution in [0.15, 0.2) is 0 Å². The fourth-order valence-electron chi connectivity index (χ4n) is 0.295. The monoisotopic (exact) mass is 164 g/mol. The highest BCUT2D eigenvalue weighted by Crippen LogP contribution is 2.16. The largest absolute Gasteiger partial charge is 0.292 e. The van der Waals surface area contributed by atoms with E-state index in [-0.39, 0.29) is 10.1 Å². The molecule has 0 rings (SSSR count). The Bertz CT molecular complexity index is 146. The van der Waals surface area contributed by atoms with Crippen molar-refractivity contribution in [3.63, 3.8) is 0 Å². The first-order valence-corrected chi connectivity index (χ1v) is 3.38. The van der Waals surface area contributed by atoms with Crippen molar-refractivity contribution in [1.29, 1.82) is 0 Å². The molecule has 0 saturated heterocycles. The SMILES string of the molecule is CC(C)(C)C(=O)C(=S)Cl. The number of rotatable bonds is 1. The average molecular weight is 165 g/mol. The summed E-state index contributed by atoms with van der Waals surface area (Å²) in [6, 6.07) is 0. The van der Waals surface area contributed by atoms with Gasteiger partial charge < -0.3 is 0 Å². The van der Waals surface area contributed by atoms with Crippen LogP contribution in [0.5, 0.6) is 0 Å². The van der Waals surface area contributed by atoms with Crippen molar-refractivity contribution in [2.45, 2.75) is 20.8 Å². The minimum atomic E-state index is -0.432. The lowest BCUT2D eigenvalue weighted by Gasteiger charge is -2.13. The van der Waals surface area contributed by atoms with E-state index in [0.29, 0.717) is 0 Å². The van der Waals surface area contributed by atoms with Crippen LogP contribution in [0.2, 0.25) is 0 Å². The van der Waals surface area contributed by atoms with Gasteiger partial charge in [-0.3, -0.25) is 4.79 Å². The maximum atomic E-state index is 10.9. The van der Waals surface area contributed by atoms with E-state index in [1.165, 1.54) is 0 Å². The molecular weight excluding hydrogens is 156 g/mol. The van der Waals surface area contributed by atoms with E-state index in [1.807, 2.05) is 0 Å². The zero-order valence-electron chi connectivity index (χ0n) is 5.69. The summed E-state index contributed by atoms with van der Waals surface area (Å²) in [6.45, 7) is 5.35. The summed E-state index contributed by atoms with van der Waals surface area (Å²) in [7, 11) is 0. The van der Waals surface area contributed by atoms with Crippen LogP contribution in [0.3, 0.4) is 0 Å². The average Bonchev–Trinajstić information content (AvgIpc) is 1.62. The summed E-state index contributed by atoms with van der Waals surface area (Å²) in [5.41, 5.74) is -0.432. The van der Waals surface area contributed by atoms with Crippen LogP contribution in [0, 0.1) is 5.41 Å². The van der Waals surface area contributed by atoms with Gasteiger partial charge in [-0.25, -0.2) is 0 Å². The van der Waals surface area contributed by atoms with Gasteiger partial charge in [0.05, 0.1) is 0 Å².